The fraction of sp³-hybridized carbons (Fsp3) is 0.793. The molecule has 0 fully saturated rings. The van der Waals surface area contributed by atoms with Crippen LogP contribution in [0.2, 0.25) is 0 Å². The van der Waals surface area contributed by atoms with Crippen molar-refractivity contribution in [3.63, 3.8) is 0 Å². The van der Waals surface area contributed by atoms with Gasteiger partial charge in [0.2, 0.25) is 17.5 Å². The first kappa shape index (κ1) is 115. The van der Waals surface area contributed by atoms with Gasteiger partial charge in [-0.3, -0.25) is 14.1 Å². The molecule has 5 N–H and O–H groups in total. The summed E-state index contributed by atoms with van der Waals surface area (Å²) in [6.45, 7) is 36.7. The summed E-state index contributed by atoms with van der Waals surface area (Å²) >= 11 is 0. The van der Waals surface area contributed by atoms with E-state index in [4.69, 9.17) is 119 Å². The lowest BCUT2D eigenvalue weighted by atomic mass is 9.79. The number of hydrogen-bond donors (Lipinski definition) is 4. The van der Waals surface area contributed by atoms with Crippen molar-refractivity contribution in [3.8, 4) is 0 Å². The second-order valence-electron chi connectivity index (χ2n) is 31.0. The molecule has 34 nitrogen and oxygen atoms in total. The van der Waals surface area contributed by atoms with Crippen LogP contribution in [0.4, 0.5) is 11.4 Å². The average Bonchev–Trinajstić information content (AvgIpc) is 1.59. The van der Waals surface area contributed by atoms with Gasteiger partial charge in [0.15, 0.2) is 5.71 Å². The number of anilines is 1. The summed E-state index contributed by atoms with van der Waals surface area (Å²) in [5.74, 6) is 0.0903. The average molecular weight is 1830 g/mol. The van der Waals surface area contributed by atoms with E-state index in [0.717, 1.165) is 82.1 Å². The number of fused-ring (bicyclic) bond motifs is 2. The lowest BCUT2D eigenvalue weighted by Crippen LogP contribution is -2.41. The number of hydrogen-bond acceptors (Lipinski definition) is 30. The van der Waals surface area contributed by atoms with Crippen molar-refractivity contribution in [2.75, 3.05) is 355 Å². The van der Waals surface area contributed by atoms with Gasteiger partial charge in [-0.05, 0) is 102 Å². The lowest BCUT2D eigenvalue weighted by molar-refractivity contribution is -0.438. The molecule has 2 aliphatic rings. The van der Waals surface area contributed by atoms with Gasteiger partial charge in [0.25, 0.3) is 10.1 Å². The second-order valence-corrected chi connectivity index (χ2v) is 32.5. The Balaban J connectivity index is 0.824. The number of nitrogens with zero attached hydrogens (tertiary/aromatic N) is 2. The second kappa shape index (κ2) is 78.7. The minimum Gasteiger partial charge on any atom is -0.382 e. The predicted octanol–water partition coefficient (Wildman–Crippen LogP) is 7.80. The third-order valence-corrected chi connectivity index (χ3v) is 21.2. The molecule has 0 saturated heterocycles. The molecule has 1 unspecified atom stereocenters. The number of aryl methyl sites for hydroxylation is 1. The SMILES string of the molecule is COCCOCCOCCOCCOCCOCCOCCOCCOCCOCCOCCOCCOCCOCCOCCOCCOCCOCCOCCOCCOCCOCCOCCOCCNC(=O)CCCCCN1c2ccc(S(=O)(=O)O)cc2C(C)(C)C1CC=CC=CC1=[N+](CCCCCC(=O)NCCCCCN)c2ccc(C)cc2C1(C)C. The highest BCUT2D eigenvalue weighted by Gasteiger charge is 2.45. The zero-order chi connectivity index (χ0) is 91.1. The molecule has 0 saturated carbocycles. The largest absolute Gasteiger partial charge is 0.382 e. The molecule has 1 atom stereocenters. The number of nitrogens with two attached hydrogens (primary N) is 1. The third-order valence-electron chi connectivity index (χ3n) is 20.4. The maximum absolute atomic E-state index is 12.8. The number of carbonyl (C=O) groups is 2. The molecule has 0 radical (unpaired) electrons. The highest BCUT2D eigenvalue weighted by atomic mass is 32.2. The van der Waals surface area contributed by atoms with Crippen LogP contribution in [0.3, 0.4) is 0 Å². The van der Waals surface area contributed by atoms with E-state index in [2.05, 4.69) is 97.2 Å². The summed E-state index contributed by atoms with van der Waals surface area (Å²) in [5, 5.41) is 6.01. The molecule has 2 heterocycles. The molecule has 0 aromatic heterocycles. The predicted molar refractivity (Wildman–Crippen MR) is 484 cm³/mol. The zero-order valence-electron chi connectivity index (χ0n) is 77.9. The van der Waals surface area contributed by atoms with Crippen LogP contribution in [-0.2, 0) is 144 Å². The van der Waals surface area contributed by atoms with E-state index >= 15 is 0 Å². The Kier molecular flexibility index (Phi) is 71.0. The molecular formula is C92H162N5O29S+. The van der Waals surface area contributed by atoms with Crippen molar-refractivity contribution in [1.29, 1.82) is 0 Å². The third kappa shape index (κ3) is 58.1. The molecular weight excluding hydrogens is 1670 g/mol. The smallest absolute Gasteiger partial charge is 0.294 e. The zero-order valence-corrected chi connectivity index (χ0v) is 78.7. The van der Waals surface area contributed by atoms with Crippen LogP contribution in [-0.4, -0.2) is 391 Å². The first-order valence-corrected chi connectivity index (χ1v) is 47.5. The Hall–Kier alpha value is -4.76. The fourth-order valence-electron chi connectivity index (χ4n) is 13.5. The van der Waals surface area contributed by atoms with Gasteiger partial charge in [-0.15, -0.1) is 0 Å². The van der Waals surface area contributed by atoms with Crippen LogP contribution in [0, 0.1) is 6.92 Å². The van der Waals surface area contributed by atoms with Crippen molar-refractivity contribution < 1.29 is 141 Å². The summed E-state index contributed by atoms with van der Waals surface area (Å²) in [5.41, 5.74) is 11.8. The normalized spacial score (nSPS) is 14.3. The topological polar surface area (TPSA) is 366 Å². The molecule has 2 amide bonds. The number of carbonyl (C=O) groups excluding carboxylic acids is 2. The van der Waals surface area contributed by atoms with Crippen molar-refractivity contribution in [2.45, 2.75) is 133 Å². The van der Waals surface area contributed by atoms with Crippen LogP contribution < -0.4 is 21.3 Å². The number of nitrogens with one attached hydrogen (secondary N) is 2. The number of methoxy groups -OCH3 is 1. The Labute approximate surface area is 758 Å². The lowest BCUT2D eigenvalue weighted by Gasteiger charge is -2.34. The summed E-state index contributed by atoms with van der Waals surface area (Å²) < 4.78 is 169. The fourth-order valence-corrected chi connectivity index (χ4v) is 14.0. The molecule has 4 rings (SSSR count). The summed E-state index contributed by atoms with van der Waals surface area (Å²) in [7, 11) is -2.76. The summed E-state index contributed by atoms with van der Waals surface area (Å²) in [6, 6.07) is 11.6. The molecule has 0 bridgehead atoms. The number of unbranched alkanes of at least 4 members (excludes halogenated alkanes) is 6. The molecule has 734 valence electrons. The van der Waals surface area contributed by atoms with Gasteiger partial charge < -0.3 is 135 Å². The molecule has 0 aliphatic carbocycles. The van der Waals surface area contributed by atoms with Crippen LogP contribution in [0.1, 0.15) is 121 Å². The first-order chi connectivity index (χ1) is 62.1. The highest BCUT2D eigenvalue weighted by Crippen LogP contribution is 2.48. The van der Waals surface area contributed by atoms with Crippen molar-refractivity contribution in [3.05, 3.63) is 77.4 Å². The van der Waals surface area contributed by atoms with Crippen LogP contribution >= 0.6 is 0 Å². The number of benzene rings is 2. The minimum atomic E-state index is -4.41. The monoisotopic (exact) mass is 1830 g/mol. The highest BCUT2D eigenvalue weighted by molar-refractivity contribution is 7.85. The van der Waals surface area contributed by atoms with Gasteiger partial charge in [-0.1, -0.05) is 56.5 Å². The minimum absolute atomic E-state index is 0.00580. The maximum atomic E-state index is 12.8. The van der Waals surface area contributed by atoms with E-state index in [1.54, 1.807) is 13.2 Å². The Morgan fingerprint density at radius 1 is 0.409 bits per heavy atom. The van der Waals surface area contributed by atoms with Gasteiger partial charge in [-0.2, -0.15) is 13.0 Å². The Bertz CT molecular complexity index is 3200. The van der Waals surface area contributed by atoms with Crippen molar-refractivity contribution >= 4 is 39.0 Å². The van der Waals surface area contributed by atoms with Crippen molar-refractivity contribution in [2.24, 2.45) is 5.73 Å². The standard InChI is InChI=1S/C92H161N5O29S/c1-81-23-25-85-83(79-81)91(2,3)87(96(85)30-17-8-13-21-89(98)94-28-16-10-15-27-93)19-11-7-12-20-88-92(4,5)84-80-82(127(100,101)102)24-26-86(84)97(88)31-18-9-14-22-90(99)95-29-32-104-35-36-106-39-40-108-43-44-110-47-48-112-51-52-114-55-56-116-59-60-118-63-64-120-67-68-122-71-72-124-75-76-126-78-77-125-74-73-123-70-69-121-66-65-119-62-61-117-58-57-115-54-53-113-50-49-111-46-45-109-42-41-107-38-37-105-34-33-103-6/h7,11-12,19,23-26,79-80,88H,8-10,13-18,20-22,27-78,93H2,1-6H3,(H2-,94,95,98,99,100,101,102)/p+1. The maximum Gasteiger partial charge on any atom is 0.294 e. The molecule has 2 aliphatic heterocycles. The van der Waals surface area contributed by atoms with Crippen molar-refractivity contribution in [1.82, 2.24) is 10.6 Å². The molecule has 0 spiro atoms. The number of amides is 2. The van der Waals surface area contributed by atoms with E-state index in [1.807, 2.05) is 6.07 Å². The molecule has 127 heavy (non-hydrogen) atoms. The molecule has 2 aromatic rings. The summed E-state index contributed by atoms with van der Waals surface area (Å²) in [6.07, 6.45) is 18.4. The van der Waals surface area contributed by atoms with E-state index in [-0.39, 0.29) is 28.2 Å². The van der Waals surface area contributed by atoms with Crippen LogP contribution in [0.15, 0.2) is 65.6 Å². The summed E-state index contributed by atoms with van der Waals surface area (Å²) in [4.78, 5) is 27.5. The quantitative estimate of drug-likeness (QED) is 0.0212. The van der Waals surface area contributed by atoms with Gasteiger partial charge in [0.05, 0.1) is 321 Å². The number of ether oxygens (including phenoxy) is 24. The van der Waals surface area contributed by atoms with Gasteiger partial charge in [0.1, 0.15) is 6.54 Å². The molecule has 35 heteroatoms. The van der Waals surface area contributed by atoms with E-state index in [0.29, 0.717) is 349 Å². The van der Waals surface area contributed by atoms with Gasteiger partial charge in [0, 0.05) is 80.9 Å². The van der Waals surface area contributed by atoms with E-state index < -0.39 is 15.5 Å². The Morgan fingerprint density at radius 3 is 1.10 bits per heavy atom. The van der Waals surface area contributed by atoms with Gasteiger partial charge in [-0.25, -0.2) is 0 Å². The van der Waals surface area contributed by atoms with Gasteiger partial charge >= 0.3 is 0 Å². The first-order valence-electron chi connectivity index (χ1n) is 46.1. The van der Waals surface area contributed by atoms with E-state index in [1.165, 1.54) is 28.6 Å². The van der Waals surface area contributed by atoms with Crippen LogP contribution in [0.25, 0.3) is 0 Å². The Morgan fingerprint density at radius 2 is 0.748 bits per heavy atom. The number of allylic oxidation sites excluding steroid dienone is 3. The van der Waals surface area contributed by atoms with Crippen LogP contribution in [0.5, 0.6) is 0 Å². The molecule has 2 aromatic carbocycles. The number of rotatable bonds is 94. The van der Waals surface area contributed by atoms with E-state index in [9.17, 15) is 22.6 Å².